The maximum absolute atomic E-state index is 13.0. The lowest BCUT2D eigenvalue weighted by Gasteiger charge is -2.21. The Kier molecular flexibility index (Phi) is 78.5. The molecule has 0 saturated carbocycles. The molecule has 16 nitrogen and oxygen atoms in total. The molecule has 0 aliphatic heterocycles. The molecule has 0 saturated heterocycles. The Hall–Kier alpha value is -5.09. The Morgan fingerprint density at radius 1 is 0.266 bits per heavy atom. The van der Waals surface area contributed by atoms with Gasteiger partial charge in [-0.25, -0.2) is 9.13 Å². The zero-order chi connectivity index (χ0) is 79.4. The van der Waals surface area contributed by atoms with E-state index in [0.717, 1.165) is 186 Å². The molecule has 0 aliphatic carbocycles. The highest BCUT2D eigenvalue weighted by Gasteiger charge is 2.29. The van der Waals surface area contributed by atoms with Gasteiger partial charge >= 0.3 is 33.6 Å². The molecule has 109 heavy (non-hydrogen) atoms. The number of carbonyl (C=O) groups excluding carboxylic acids is 3. The van der Waals surface area contributed by atoms with Gasteiger partial charge in [0.25, 0.3) is 0 Å². The molecule has 5 unspecified atom stereocenters. The number of phosphoric ester groups is 2. The van der Waals surface area contributed by atoms with Gasteiger partial charge in [-0.05, 0) is 154 Å². The van der Waals surface area contributed by atoms with Crippen molar-refractivity contribution in [3.63, 3.8) is 0 Å². The molecule has 5 atom stereocenters. The van der Waals surface area contributed by atoms with Crippen molar-refractivity contribution in [2.24, 2.45) is 0 Å². The lowest BCUT2D eigenvalue weighted by molar-refractivity contribution is -0.161. The first-order valence-corrected chi connectivity index (χ1v) is 45.4. The van der Waals surface area contributed by atoms with Gasteiger partial charge in [0.1, 0.15) is 25.4 Å². The fourth-order valence-electron chi connectivity index (χ4n) is 11.0. The molecule has 0 rings (SSSR count). The number of carbonyl (C=O) groups is 3. The average Bonchev–Trinajstić information content (AvgIpc) is 0.902. The summed E-state index contributed by atoms with van der Waals surface area (Å²) in [5, 5.41) is 20.7. The molecule has 0 spiro atoms. The lowest BCUT2D eigenvalue weighted by atomic mass is 10.1. The summed E-state index contributed by atoms with van der Waals surface area (Å²) in [6.07, 6.45) is 105. The molecule has 0 aromatic heterocycles. The van der Waals surface area contributed by atoms with Crippen molar-refractivity contribution in [3.05, 3.63) is 170 Å². The van der Waals surface area contributed by atoms with Crippen LogP contribution in [0.3, 0.4) is 0 Å². The van der Waals surface area contributed by atoms with Crippen LogP contribution in [0.1, 0.15) is 329 Å². The summed E-state index contributed by atoms with van der Waals surface area (Å²) >= 11 is 0. The minimum atomic E-state index is -4.95. The molecule has 622 valence electrons. The summed E-state index contributed by atoms with van der Waals surface area (Å²) in [6.45, 7) is 2.41. The first kappa shape index (κ1) is 104. The van der Waals surface area contributed by atoms with E-state index in [1.165, 1.54) is 83.5 Å². The Morgan fingerprint density at radius 3 is 0.771 bits per heavy atom. The third-order valence-corrected chi connectivity index (χ3v) is 19.3. The number of esters is 3. The van der Waals surface area contributed by atoms with Gasteiger partial charge in [0.05, 0.1) is 26.4 Å². The number of ether oxygens (including phenoxy) is 3. The molecule has 0 heterocycles. The molecule has 0 aliphatic rings. The highest BCUT2D eigenvalue weighted by Crippen LogP contribution is 2.45. The van der Waals surface area contributed by atoms with Crippen molar-refractivity contribution in [1.29, 1.82) is 0 Å². The van der Waals surface area contributed by atoms with Crippen LogP contribution in [-0.4, -0.2) is 95.9 Å². The quantitative estimate of drug-likeness (QED) is 0.0146. The predicted molar refractivity (Wildman–Crippen MR) is 454 cm³/mol. The largest absolute Gasteiger partial charge is 0.472 e. The minimum absolute atomic E-state index is 0.0820. The van der Waals surface area contributed by atoms with Gasteiger partial charge in [-0.1, -0.05) is 326 Å². The van der Waals surface area contributed by atoms with E-state index in [1.807, 2.05) is 0 Å². The third-order valence-electron chi connectivity index (χ3n) is 17.4. The molecule has 0 radical (unpaired) electrons. The Bertz CT molecular complexity index is 2660. The van der Waals surface area contributed by atoms with Crippen LogP contribution in [0.4, 0.5) is 0 Å². The van der Waals surface area contributed by atoms with Gasteiger partial charge in [0, 0.05) is 19.3 Å². The predicted octanol–water partition coefficient (Wildman–Crippen LogP) is 25.5. The summed E-state index contributed by atoms with van der Waals surface area (Å²) in [4.78, 5) is 58.9. The van der Waals surface area contributed by atoms with Crippen molar-refractivity contribution in [1.82, 2.24) is 0 Å². The fourth-order valence-corrected chi connectivity index (χ4v) is 12.6. The molecule has 4 N–H and O–H groups in total. The van der Waals surface area contributed by atoms with Crippen molar-refractivity contribution >= 4 is 33.6 Å². The first-order chi connectivity index (χ1) is 53.2. The van der Waals surface area contributed by atoms with Crippen LogP contribution in [-0.2, 0) is 55.8 Å². The molecule has 0 bridgehead atoms. The Morgan fingerprint density at radius 2 is 0.486 bits per heavy atom. The number of aliphatic hydroxyl groups excluding tert-OH is 2. The van der Waals surface area contributed by atoms with Gasteiger partial charge in [0.15, 0.2) is 6.10 Å². The van der Waals surface area contributed by atoms with Crippen LogP contribution < -0.4 is 0 Å². The van der Waals surface area contributed by atoms with E-state index in [4.69, 9.17) is 32.3 Å². The molecular weight excluding hydrogens is 1410 g/mol. The Labute approximate surface area is 662 Å². The van der Waals surface area contributed by atoms with Crippen molar-refractivity contribution in [2.75, 3.05) is 39.6 Å². The number of hydrogen-bond acceptors (Lipinski definition) is 14. The normalized spacial score (nSPS) is 14.7. The molecular formula is C91H152O16P2. The van der Waals surface area contributed by atoms with E-state index < -0.39 is 91.5 Å². The van der Waals surface area contributed by atoms with Crippen molar-refractivity contribution in [2.45, 2.75) is 347 Å². The van der Waals surface area contributed by atoms with E-state index in [9.17, 15) is 43.5 Å². The standard InChI is InChI=1S/C91H152O16P2/c1-4-7-10-13-16-19-22-25-28-31-34-36-38-40-41-42-43-45-47-48-51-53-56-59-62-65-68-71-74-77-89(94)101-80-86(92)81-103-108(97,98)104-82-87(93)83-105-109(99,100)106-85-88(107-91(96)79-76-73-70-67-64-61-58-55-50-33-30-27-24-21-18-15-12-9-6-3)84-102-90(95)78-75-72-69-66-63-60-57-54-52-49-46-44-39-37-35-32-29-26-23-20-17-14-11-8-5-2/h7,9-10,12,16-21,25-30,34-37,40-41,43-46,50,55,86-88,92-93H,4-6,8,11,13-15,22-24,31-33,38-39,42,47-49,51-54,56-85H2,1-3H3,(H,97,98)(H,99,100)/b10-7-,12-9-,19-16-,20-17-,21-18-,28-25-,29-26-,30-27-,36-34-,37-35-,41-40-,45-43-,46-44-,55-50-. The number of hydrogen-bond donors (Lipinski definition) is 4. The van der Waals surface area contributed by atoms with Gasteiger partial charge in [0.2, 0.25) is 0 Å². The summed E-state index contributed by atoms with van der Waals surface area (Å²) in [5.41, 5.74) is 0. The van der Waals surface area contributed by atoms with Gasteiger partial charge < -0.3 is 34.2 Å². The lowest BCUT2D eigenvalue weighted by Crippen LogP contribution is -2.30. The van der Waals surface area contributed by atoms with Crippen LogP contribution >= 0.6 is 15.6 Å². The van der Waals surface area contributed by atoms with E-state index in [0.29, 0.717) is 19.3 Å². The number of aliphatic hydroxyl groups is 2. The Balaban J connectivity index is 4.63. The van der Waals surface area contributed by atoms with Crippen LogP contribution in [0.5, 0.6) is 0 Å². The second-order valence-electron chi connectivity index (χ2n) is 27.9. The maximum Gasteiger partial charge on any atom is 0.472 e. The van der Waals surface area contributed by atoms with Crippen molar-refractivity contribution < 1.29 is 75.8 Å². The number of phosphoric acid groups is 2. The summed E-state index contributed by atoms with van der Waals surface area (Å²) in [7, 11) is -9.82. The van der Waals surface area contributed by atoms with E-state index in [-0.39, 0.29) is 19.3 Å². The number of unbranched alkanes of at least 4 members (excludes halogenated alkanes) is 28. The first-order valence-electron chi connectivity index (χ1n) is 42.4. The molecule has 18 heteroatoms. The zero-order valence-electron chi connectivity index (χ0n) is 68.2. The van der Waals surface area contributed by atoms with Crippen LogP contribution in [0, 0.1) is 0 Å². The monoisotopic (exact) mass is 1560 g/mol. The maximum atomic E-state index is 13.0. The number of rotatable bonds is 79. The minimum Gasteiger partial charge on any atom is -0.463 e. The van der Waals surface area contributed by atoms with Crippen LogP contribution in [0.2, 0.25) is 0 Å². The molecule has 0 fully saturated rings. The smallest absolute Gasteiger partial charge is 0.463 e. The molecule has 0 amide bonds. The van der Waals surface area contributed by atoms with E-state index in [2.05, 4.69) is 191 Å². The zero-order valence-corrected chi connectivity index (χ0v) is 70.0. The molecule has 0 aromatic rings. The van der Waals surface area contributed by atoms with E-state index >= 15 is 0 Å². The van der Waals surface area contributed by atoms with Crippen molar-refractivity contribution in [3.8, 4) is 0 Å². The second kappa shape index (κ2) is 82.4. The number of allylic oxidation sites excluding steroid dienone is 28. The van der Waals surface area contributed by atoms with Gasteiger partial charge in [-0.2, -0.15) is 0 Å². The van der Waals surface area contributed by atoms with Gasteiger partial charge in [-0.3, -0.25) is 32.5 Å². The SMILES string of the molecule is CC/C=C\C/C=C\C/C=C\C/C=C\C/C=C\C/C=C\CCCCCCCCCCCCC(=O)OCC(O)COP(=O)(O)OCC(O)COP(=O)(O)OCC(COC(=O)CCCCCCCCCCC/C=C\C/C=C\C/C=C\C/C=C\CCCCC)OC(=O)CCCCCCCC/C=C\C/C=C\C/C=C\C/C=C\CC. The average molecular weight is 1560 g/mol. The summed E-state index contributed by atoms with van der Waals surface area (Å²) < 4.78 is 61.3. The van der Waals surface area contributed by atoms with Gasteiger partial charge in [-0.15, -0.1) is 0 Å². The van der Waals surface area contributed by atoms with E-state index in [1.54, 1.807) is 0 Å². The second-order valence-corrected chi connectivity index (χ2v) is 30.8. The summed E-state index contributed by atoms with van der Waals surface area (Å²) in [6, 6.07) is 0. The van der Waals surface area contributed by atoms with Crippen LogP contribution in [0.25, 0.3) is 0 Å². The third kappa shape index (κ3) is 83.7. The topological polar surface area (TPSA) is 231 Å². The highest BCUT2D eigenvalue weighted by molar-refractivity contribution is 7.47. The molecule has 0 aromatic carbocycles. The highest BCUT2D eigenvalue weighted by atomic mass is 31.2. The summed E-state index contributed by atoms with van der Waals surface area (Å²) in [5.74, 6) is -1.60. The fraction of sp³-hybridized carbons (Fsp3) is 0.659. The van der Waals surface area contributed by atoms with Crippen LogP contribution in [0.15, 0.2) is 170 Å².